The van der Waals surface area contributed by atoms with E-state index in [9.17, 15) is 4.79 Å². The van der Waals surface area contributed by atoms with Crippen molar-refractivity contribution >= 4 is 5.91 Å². The van der Waals surface area contributed by atoms with Gasteiger partial charge >= 0.3 is 0 Å². The second kappa shape index (κ2) is 4.99. The minimum absolute atomic E-state index is 0.0645. The van der Waals surface area contributed by atoms with E-state index in [4.69, 9.17) is 5.26 Å². The third kappa shape index (κ3) is 2.73. The number of carbonyl (C=O) groups is 1. The molecule has 0 spiro atoms. The zero-order valence-corrected chi connectivity index (χ0v) is 8.99. The Hall–Kier alpha value is -1.04. The Kier molecular flexibility index (Phi) is 3.94. The van der Waals surface area contributed by atoms with Gasteiger partial charge in [-0.3, -0.25) is 4.79 Å². The zero-order chi connectivity index (χ0) is 10.6. The first kappa shape index (κ1) is 11.0. The van der Waals surface area contributed by atoms with Gasteiger partial charge in [-0.2, -0.15) is 5.26 Å². The van der Waals surface area contributed by atoms with Gasteiger partial charge in [-0.25, -0.2) is 0 Å². The van der Waals surface area contributed by atoms with E-state index >= 15 is 0 Å². The molecular formula is C11H18N2O. The molecule has 3 heteroatoms. The first-order valence-electron chi connectivity index (χ1n) is 5.29. The first-order valence-corrected chi connectivity index (χ1v) is 5.29. The lowest BCUT2D eigenvalue weighted by molar-refractivity contribution is -0.134. The molecule has 1 atom stereocenters. The van der Waals surface area contributed by atoms with Crippen LogP contribution in [0.15, 0.2) is 0 Å². The molecule has 0 saturated heterocycles. The Balaban J connectivity index is 2.40. The van der Waals surface area contributed by atoms with E-state index < -0.39 is 0 Å². The molecule has 0 N–H and O–H groups in total. The Bertz CT molecular complexity index is 238. The molecule has 1 aliphatic carbocycles. The molecule has 0 aromatic heterocycles. The number of nitrogens with zero attached hydrogens (tertiary/aromatic N) is 2. The van der Waals surface area contributed by atoms with Crippen molar-refractivity contribution in [3.63, 3.8) is 0 Å². The van der Waals surface area contributed by atoms with Crippen LogP contribution in [0.25, 0.3) is 0 Å². The largest absolute Gasteiger partial charge is 0.344 e. The quantitative estimate of drug-likeness (QED) is 0.687. The molecular weight excluding hydrogens is 176 g/mol. The molecule has 0 bridgehead atoms. The topological polar surface area (TPSA) is 44.1 Å². The Morgan fingerprint density at radius 1 is 1.57 bits per heavy atom. The van der Waals surface area contributed by atoms with Crippen LogP contribution in [0.5, 0.6) is 0 Å². The van der Waals surface area contributed by atoms with Crippen LogP contribution in [0.1, 0.15) is 32.6 Å². The predicted octanol–water partition coefficient (Wildman–Crippen LogP) is 1.79. The van der Waals surface area contributed by atoms with Gasteiger partial charge in [0.25, 0.3) is 0 Å². The lowest BCUT2D eigenvalue weighted by Crippen LogP contribution is -2.34. The molecule has 0 radical (unpaired) electrons. The normalized spacial score (nSPS) is 18.9. The van der Waals surface area contributed by atoms with Gasteiger partial charge in [0, 0.05) is 19.5 Å². The van der Waals surface area contributed by atoms with Crippen molar-refractivity contribution in [2.24, 2.45) is 11.8 Å². The van der Waals surface area contributed by atoms with Gasteiger partial charge in [0.05, 0.1) is 12.0 Å². The lowest BCUT2D eigenvalue weighted by Gasteiger charge is -2.21. The number of carbonyl (C=O) groups excluding carboxylic acids is 1. The van der Waals surface area contributed by atoms with Crippen LogP contribution in [0, 0.1) is 23.2 Å². The van der Waals surface area contributed by atoms with Crippen LogP contribution in [0.4, 0.5) is 0 Å². The van der Waals surface area contributed by atoms with Crippen molar-refractivity contribution in [1.82, 2.24) is 4.90 Å². The molecule has 0 aliphatic heterocycles. The summed E-state index contributed by atoms with van der Waals surface area (Å²) in [6.45, 7) is 2.41. The Labute approximate surface area is 85.7 Å². The molecule has 1 amide bonds. The second-order valence-corrected chi connectivity index (χ2v) is 4.23. The maximum Gasteiger partial charge on any atom is 0.225 e. The summed E-state index contributed by atoms with van der Waals surface area (Å²) >= 11 is 0. The van der Waals surface area contributed by atoms with Crippen LogP contribution in [0.2, 0.25) is 0 Å². The fraction of sp³-hybridized carbons (Fsp3) is 0.818. The summed E-state index contributed by atoms with van der Waals surface area (Å²) in [6.07, 6.45) is 4.42. The van der Waals surface area contributed by atoms with Crippen LogP contribution < -0.4 is 0 Å². The molecule has 1 aliphatic rings. The number of hydrogen-bond acceptors (Lipinski definition) is 2. The molecule has 0 aromatic rings. The minimum Gasteiger partial charge on any atom is -0.344 e. The van der Waals surface area contributed by atoms with Crippen molar-refractivity contribution in [2.75, 3.05) is 13.6 Å². The van der Waals surface area contributed by atoms with Crippen LogP contribution in [0.3, 0.4) is 0 Å². The van der Waals surface area contributed by atoms with E-state index in [2.05, 4.69) is 6.07 Å². The minimum atomic E-state index is -0.0645. The third-order valence-electron chi connectivity index (χ3n) is 2.85. The maximum absolute atomic E-state index is 11.8. The first-order chi connectivity index (χ1) is 6.65. The summed E-state index contributed by atoms with van der Waals surface area (Å²) in [5.74, 6) is 0.390. The highest BCUT2D eigenvalue weighted by Gasteiger charge is 2.25. The average Bonchev–Trinajstić information content (AvgIpc) is 2.69. The second-order valence-electron chi connectivity index (χ2n) is 4.23. The van der Waals surface area contributed by atoms with Crippen molar-refractivity contribution in [3.8, 4) is 6.07 Å². The number of amides is 1. The van der Waals surface area contributed by atoms with Gasteiger partial charge in [-0.1, -0.05) is 12.8 Å². The fourth-order valence-corrected chi connectivity index (χ4v) is 2.03. The standard InChI is InChI=1S/C11H18N2O/c1-9(7-12)8-13(2)11(14)10-5-3-4-6-10/h9-10H,3-6,8H2,1-2H3. The van der Waals surface area contributed by atoms with E-state index in [1.165, 1.54) is 12.8 Å². The molecule has 0 heterocycles. The monoisotopic (exact) mass is 194 g/mol. The predicted molar refractivity (Wildman–Crippen MR) is 54.4 cm³/mol. The highest BCUT2D eigenvalue weighted by molar-refractivity contribution is 5.78. The summed E-state index contributed by atoms with van der Waals surface area (Å²) in [4.78, 5) is 13.5. The van der Waals surface area contributed by atoms with E-state index in [0.717, 1.165) is 12.8 Å². The maximum atomic E-state index is 11.8. The lowest BCUT2D eigenvalue weighted by atomic mass is 10.1. The smallest absolute Gasteiger partial charge is 0.225 e. The number of hydrogen-bond donors (Lipinski definition) is 0. The van der Waals surface area contributed by atoms with Gasteiger partial charge in [0.15, 0.2) is 0 Å². The van der Waals surface area contributed by atoms with E-state index in [0.29, 0.717) is 6.54 Å². The fourth-order valence-electron chi connectivity index (χ4n) is 2.03. The molecule has 1 saturated carbocycles. The molecule has 0 aromatic carbocycles. The Morgan fingerprint density at radius 2 is 2.14 bits per heavy atom. The van der Waals surface area contributed by atoms with E-state index in [-0.39, 0.29) is 17.7 Å². The van der Waals surface area contributed by atoms with Crippen LogP contribution >= 0.6 is 0 Å². The summed E-state index contributed by atoms with van der Waals surface area (Å²) in [7, 11) is 1.80. The molecule has 1 unspecified atom stereocenters. The van der Waals surface area contributed by atoms with E-state index in [1.807, 2.05) is 6.92 Å². The van der Waals surface area contributed by atoms with Crippen molar-refractivity contribution in [3.05, 3.63) is 0 Å². The highest BCUT2D eigenvalue weighted by Crippen LogP contribution is 2.26. The third-order valence-corrected chi connectivity index (χ3v) is 2.85. The van der Waals surface area contributed by atoms with Gasteiger partial charge < -0.3 is 4.90 Å². The van der Waals surface area contributed by atoms with Crippen molar-refractivity contribution < 1.29 is 4.79 Å². The van der Waals surface area contributed by atoms with Gasteiger partial charge in [0.1, 0.15) is 0 Å². The number of nitriles is 1. The summed E-state index contributed by atoms with van der Waals surface area (Å²) in [6, 6.07) is 2.15. The Morgan fingerprint density at radius 3 is 2.64 bits per heavy atom. The molecule has 1 rings (SSSR count). The van der Waals surface area contributed by atoms with Gasteiger partial charge in [-0.05, 0) is 19.8 Å². The summed E-state index contributed by atoms with van der Waals surface area (Å²) in [5, 5.41) is 8.64. The van der Waals surface area contributed by atoms with Gasteiger partial charge in [-0.15, -0.1) is 0 Å². The van der Waals surface area contributed by atoms with Crippen LogP contribution in [-0.4, -0.2) is 24.4 Å². The van der Waals surface area contributed by atoms with Gasteiger partial charge in [0.2, 0.25) is 5.91 Å². The number of rotatable bonds is 3. The molecule has 78 valence electrons. The molecule has 14 heavy (non-hydrogen) atoms. The molecule has 1 fully saturated rings. The SMILES string of the molecule is CC(C#N)CN(C)C(=O)C1CCCC1. The average molecular weight is 194 g/mol. The van der Waals surface area contributed by atoms with Crippen molar-refractivity contribution in [2.45, 2.75) is 32.6 Å². The molecule has 3 nitrogen and oxygen atoms in total. The zero-order valence-electron chi connectivity index (χ0n) is 8.99. The summed E-state index contributed by atoms with van der Waals surface area (Å²) in [5.41, 5.74) is 0. The highest BCUT2D eigenvalue weighted by atomic mass is 16.2. The van der Waals surface area contributed by atoms with Crippen molar-refractivity contribution in [1.29, 1.82) is 5.26 Å². The van der Waals surface area contributed by atoms with E-state index in [1.54, 1.807) is 11.9 Å². The summed E-state index contributed by atoms with van der Waals surface area (Å²) < 4.78 is 0. The van der Waals surface area contributed by atoms with Crippen LogP contribution in [-0.2, 0) is 4.79 Å².